The van der Waals surface area contributed by atoms with Crippen molar-refractivity contribution >= 4 is 5.91 Å². The Kier molecular flexibility index (Phi) is 6.90. The Hall–Kier alpha value is -4.26. The van der Waals surface area contributed by atoms with Gasteiger partial charge in [0.2, 0.25) is 5.91 Å². The number of nitrogens with zero attached hydrogens (tertiary/aromatic N) is 3. The lowest BCUT2D eigenvalue weighted by atomic mass is 10.2. The Labute approximate surface area is 191 Å². The third-order valence-corrected chi connectivity index (χ3v) is 5.19. The summed E-state index contributed by atoms with van der Waals surface area (Å²) < 4.78 is 6.99. The summed E-state index contributed by atoms with van der Waals surface area (Å²) in [7, 11) is 0. The largest absolute Gasteiger partial charge is 0.489 e. The molecule has 1 atom stereocenters. The number of hydrogen-bond donors (Lipinski definition) is 1. The van der Waals surface area contributed by atoms with Gasteiger partial charge in [-0.15, -0.1) is 0 Å². The average molecular weight is 441 g/mol. The monoisotopic (exact) mass is 440 g/mol. The highest BCUT2D eigenvalue weighted by Gasteiger charge is 2.18. The molecule has 2 aromatic heterocycles. The van der Waals surface area contributed by atoms with Crippen LogP contribution < -0.4 is 15.6 Å². The number of rotatable bonds is 8. The van der Waals surface area contributed by atoms with Gasteiger partial charge in [-0.2, -0.15) is 5.10 Å². The van der Waals surface area contributed by atoms with E-state index in [1.165, 1.54) is 10.7 Å². The fourth-order valence-electron chi connectivity index (χ4n) is 3.27. The molecule has 1 amide bonds. The smallest absolute Gasteiger partial charge is 0.267 e. The number of nitrogens with one attached hydrogen (secondary N) is 1. The minimum Gasteiger partial charge on any atom is -0.489 e. The predicted octanol–water partition coefficient (Wildman–Crippen LogP) is 3.76. The van der Waals surface area contributed by atoms with Crippen molar-refractivity contribution in [1.29, 1.82) is 0 Å². The number of carbonyl (C=O) groups excluding carboxylic acids is 1. The number of pyridine rings is 1. The summed E-state index contributed by atoms with van der Waals surface area (Å²) in [4.78, 5) is 29.0. The maximum absolute atomic E-state index is 12.7. The highest BCUT2D eigenvalue weighted by atomic mass is 16.5. The zero-order valence-electron chi connectivity index (χ0n) is 18.2. The van der Waals surface area contributed by atoms with Crippen molar-refractivity contribution in [3.8, 4) is 17.0 Å². The van der Waals surface area contributed by atoms with Crippen molar-refractivity contribution < 1.29 is 9.53 Å². The van der Waals surface area contributed by atoms with Crippen molar-refractivity contribution in [2.45, 2.75) is 26.1 Å². The van der Waals surface area contributed by atoms with Crippen LogP contribution in [0.25, 0.3) is 11.3 Å². The molecule has 2 heterocycles. The summed E-state index contributed by atoms with van der Waals surface area (Å²) in [5.74, 6) is 0.465. The van der Waals surface area contributed by atoms with E-state index in [1.54, 1.807) is 37.5 Å². The van der Waals surface area contributed by atoms with Gasteiger partial charge in [-0.25, -0.2) is 4.68 Å². The number of amides is 1. The van der Waals surface area contributed by atoms with Crippen molar-refractivity contribution in [2.75, 3.05) is 0 Å². The molecule has 0 aliphatic carbocycles. The topological polar surface area (TPSA) is 86.1 Å². The molecule has 4 rings (SSSR count). The SMILES string of the molecule is CC(C(=O)NCc1ccc(OCc2ccccc2)cc1)n1nc(-c2ccncc2)ccc1=O. The van der Waals surface area contributed by atoms with Crippen molar-refractivity contribution in [2.24, 2.45) is 0 Å². The highest BCUT2D eigenvalue weighted by molar-refractivity contribution is 5.79. The molecule has 1 N–H and O–H groups in total. The maximum Gasteiger partial charge on any atom is 0.267 e. The second-order valence-electron chi connectivity index (χ2n) is 7.55. The highest BCUT2D eigenvalue weighted by Crippen LogP contribution is 2.16. The van der Waals surface area contributed by atoms with Gasteiger partial charge in [-0.05, 0) is 48.4 Å². The van der Waals surface area contributed by atoms with Crippen LogP contribution in [0.15, 0.2) is 96.1 Å². The fourth-order valence-corrected chi connectivity index (χ4v) is 3.27. The lowest BCUT2D eigenvalue weighted by Crippen LogP contribution is -2.36. The normalized spacial score (nSPS) is 11.5. The summed E-state index contributed by atoms with van der Waals surface area (Å²) in [5.41, 5.74) is 3.10. The quantitative estimate of drug-likeness (QED) is 0.451. The first kappa shape index (κ1) is 22.0. The fraction of sp³-hybridized carbons (Fsp3) is 0.154. The van der Waals surface area contributed by atoms with Crippen molar-refractivity contribution in [3.63, 3.8) is 0 Å². The van der Waals surface area contributed by atoms with Crippen LogP contribution in [-0.2, 0) is 17.9 Å². The van der Waals surface area contributed by atoms with Crippen molar-refractivity contribution in [3.05, 3.63) is 113 Å². The zero-order chi connectivity index (χ0) is 23.0. The first-order valence-electron chi connectivity index (χ1n) is 10.6. The number of carbonyl (C=O) groups is 1. The first-order valence-corrected chi connectivity index (χ1v) is 10.6. The molecule has 166 valence electrons. The molecule has 0 saturated carbocycles. The lowest BCUT2D eigenvalue weighted by Gasteiger charge is -2.15. The maximum atomic E-state index is 12.7. The van der Waals surface area contributed by atoms with Crippen LogP contribution in [0.1, 0.15) is 24.1 Å². The predicted molar refractivity (Wildman–Crippen MR) is 126 cm³/mol. The Bertz CT molecular complexity index is 1260. The van der Waals surface area contributed by atoms with E-state index in [-0.39, 0.29) is 11.5 Å². The van der Waals surface area contributed by atoms with E-state index in [0.717, 1.165) is 22.4 Å². The molecule has 0 fully saturated rings. The number of benzene rings is 2. The van der Waals surface area contributed by atoms with Gasteiger partial charge in [-0.3, -0.25) is 14.6 Å². The minimum atomic E-state index is -0.757. The average Bonchev–Trinajstić information content (AvgIpc) is 2.87. The van der Waals surface area contributed by atoms with Crippen LogP contribution in [0.5, 0.6) is 5.75 Å². The molecule has 7 nitrogen and oxygen atoms in total. The van der Waals surface area contributed by atoms with E-state index >= 15 is 0 Å². The molecule has 0 saturated heterocycles. The van der Waals surface area contributed by atoms with E-state index in [0.29, 0.717) is 18.8 Å². The third-order valence-electron chi connectivity index (χ3n) is 5.19. The van der Waals surface area contributed by atoms with Gasteiger partial charge in [0.1, 0.15) is 18.4 Å². The summed E-state index contributed by atoms with van der Waals surface area (Å²) in [5, 5.41) is 7.25. The van der Waals surface area contributed by atoms with Gasteiger partial charge in [0.25, 0.3) is 5.56 Å². The Morgan fingerprint density at radius 2 is 1.67 bits per heavy atom. The molecule has 0 radical (unpaired) electrons. The van der Waals surface area contributed by atoms with Gasteiger partial charge in [0, 0.05) is 30.6 Å². The van der Waals surface area contributed by atoms with Gasteiger partial charge in [0.15, 0.2) is 0 Å². The molecule has 4 aromatic rings. The Morgan fingerprint density at radius 3 is 2.39 bits per heavy atom. The van der Waals surface area contributed by atoms with Gasteiger partial charge in [0.05, 0.1) is 5.69 Å². The molecular formula is C26H24N4O3. The van der Waals surface area contributed by atoms with Crippen molar-refractivity contribution in [1.82, 2.24) is 20.1 Å². The molecule has 0 aliphatic heterocycles. The summed E-state index contributed by atoms with van der Waals surface area (Å²) in [6.07, 6.45) is 3.31. The molecule has 1 unspecified atom stereocenters. The van der Waals surface area contributed by atoms with E-state index in [4.69, 9.17) is 4.74 Å². The van der Waals surface area contributed by atoms with E-state index in [1.807, 2.05) is 54.6 Å². The molecular weight excluding hydrogens is 416 g/mol. The third kappa shape index (κ3) is 5.71. The van der Waals surface area contributed by atoms with Gasteiger partial charge < -0.3 is 10.1 Å². The number of hydrogen-bond acceptors (Lipinski definition) is 5. The Balaban J connectivity index is 1.35. The molecule has 33 heavy (non-hydrogen) atoms. The van der Waals surface area contributed by atoms with Crippen LogP contribution in [0.3, 0.4) is 0 Å². The van der Waals surface area contributed by atoms with E-state index < -0.39 is 6.04 Å². The number of aromatic nitrogens is 3. The van der Waals surface area contributed by atoms with E-state index in [2.05, 4.69) is 15.4 Å². The summed E-state index contributed by atoms with van der Waals surface area (Å²) in [6, 6.07) is 23.4. The van der Waals surface area contributed by atoms with Crippen LogP contribution in [0.4, 0.5) is 0 Å². The second kappa shape index (κ2) is 10.4. The second-order valence-corrected chi connectivity index (χ2v) is 7.55. The molecule has 0 spiro atoms. The van der Waals surface area contributed by atoms with Gasteiger partial charge >= 0.3 is 0 Å². The molecule has 7 heteroatoms. The molecule has 0 bridgehead atoms. The first-order chi connectivity index (χ1) is 16.1. The zero-order valence-corrected chi connectivity index (χ0v) is 18.2. The Morgan fingerprint density at radius 1 is 0.939 bits per heavy atom. The number of ether oxygens (including phenoxy) is 1. The standard InChI is InChI=1S/C26H24N4O3/c1-19(30-25(31)12-11-24(29-30)22-13-15-27-16-14-22)26(32)28-17-20-7-9-23(10-8-20)33-18-21-5-3-2-4-6-21/h2-16,19H,17-18H2,1H3,(H,28,32). The van der Waals surface area contributed by atoms with Crippen LogP contribution in [-0.4, -0.2) is 20.7 Å². The summed E-state index contributed by atoms with van der Waals surface area (Å²) >= 11 is 0. The lowest BCUT2D eigenvalue weighted by molar-refractivity contribution is -0.124. The van der Waals surface area contributed by atoms with E-state index in [9.17, 15) is 9.59 Å². The van der Waals surface area contributed by atoms with Crippen LogP contribution >= 0.6 is 0 Å². The van der Waals surface area contributed by atoms with Crippen LogP contribution in [0, 0.1) is 0 Å². The molecule has 0 aliphatic rings. The summed E-state index contributed by atoms with van der Waals surface area (Å²) in [6.45, 7) is 2.48. The van der Waals surface area contributed by atoms with Crippen LogP contribution in [0.2, 0.25) is 0 Å². The minimum absolute atomic E-state index is 0.291. The molecule has 2 aromatic carbocycles. The van der Waals surface area contributed by atoms with Gasteiger partial charge in [-0.1, -0.05) is 42.5 Å².